The van der Waals surface area contributed by atoms with Crippen LogP contribution in [0.2, 0.25) is 0 Å². The highest BCUT2D eigenvalue weighted by Gasteiger charge is 2.49. The van der Waals surface area contributed by atoms with Crippen molar-refractivity contribution in [1.82, 2.24) is 0 Å². The maximum absolute atomic E-state index is 6.08. The summed E-state index contributed by atoms with van der Waals surface area (Å²) in [6.07, 6.45) is 5.93. The van der Waals surface area contributed by atoms with Crippen molar-refractivity contribution in [3.63, 3.8) is 0 Å². The fourth-order valence-corrected chi connectivity index (χ4v) is 17.5. The number of anilines is 4. The van der Waals surface area contributed by atoms with Gasteiger partial charge in [-0.2, -0.15) is 20.4 Å². The van der Waals surface area contributed by atoms with E-state index in [1.807, 2.05) is 98.9 Å². The van der Waals surface area contributed by atoms with Crippen molar-refractivity contribution in [2.75, 3.05) is 20.0 Å². The number of fused-ring (bicyclic) bond motifs is 4. The minimum atomic E-state index is -0.979. The molecule has 0 radical (unpaired) electrons. The Morgan fingerprint density at radius 1 is 0.370 bits per heavy atom. The maximum atomic E-state index is 6.08. The van der Waals surface area contributed by atoms with E-state index in [0.29, 0.717) is 5.92 Å². The van der Waals surface area contributed by atoms with E-state index in [2.05, 4.69) is 165 Å². The Labute approximate surface area is 577 Å². The van der Waals surface area contributed by atoms with E-state index in [1.54, 1.807) is 0 Å². The highest BCUT2D eigenvalue weighted by molar-refractivity contribution is 6.20. The minimum absolute atomic E-state index is 0. The van der Waals surface area contributed by atoms with Crippen LogP contribution in [0.5, 0.6) is 0 Å². The van der Waals surface area contributed by atoms with Crippen LogP contribution in [0.15, 0.2) is 202 Å². The first-order chi connectivity index (χ1) is 42.8. The van der Waals surface area contributed by atoms with E-state index >= 15 is 0 Å². The van der Waals surface area contributed by atoms with E-state index in [0.717, 1.165) is 77.7 Å². The van der Waals surface area contributed by atoms with Gasteiger partial charge in [-0.05, 0) is 131 Å². The lowest BCUT2D eigenvalue weighted by molar-refractivity contribution is -0.00917. The van der Waals surface area contributed by atoms with Crippen molar-refractivity contribution in [2.24, 2.45) is 55.4 Å². The van der Waals surface area contributed by atoms with E-state index in [4.69, 9.17) is 50.7 Å². The molecule has 12 atom stereocenters. The van der Waals surface area contributed by atoms with Crippen LogP contribution in [0.3, 0.4) is 0 Å². The molecule has 8 aliphatic rings. The predicted molar refractivity (Wildman–Crippen MR) is 385 cm³/mol. The molecule has 6 aromatic carbocycles. The molecule has 0 aliphatic carbocycles. The van der Waals surface area contributed by atoms with Crippen LogP contribution in [0.25, 0.3) is 0 Å². The lowest BCUT2D eigenvalue weighted by atomic mass is 9.82. The topological polar surface area (TPSA) is 136 Å². The van der Waals surface area contributed by atoms with Gasteiger partial charge in [0, 0.05) is 47.3 Å². The Balaban J connectivity index is 0.000000172. The summed E-state index contributed by atoms with van der Waals surface area (Å²) in [6.45, 7) is 19.6. The quantitative estimate of drug-likeness (QED) is 0.108. The molecule has 12 unspecified atom stereocenters. The normalized spacial score (nSPS) is 26.2. The molecule has 0 N–H and O–H groups in total. The summed E-state index contributed by atoms with van der Waals surface area (Å²) in [5.74, 6) is 1.54. The van der Waals surface area contributed by atoms with Crippen molar-refractivity contribution in [3.05, 3.63) is 193 Å². The van der Waals surface area contributed by atoms with E-state index in [9.17, 15) is 0 Å². The Morgan fingerprint density at radius 2 is 0.652 bits per heavy atom. The molecule has 488 valence electrons. The molecular weight excluding hydrogens is 1210 g/mol. The van der Waals surface area contributed by atoms with Gasteiger partial charge >= 0.3 is 63.5 Å². The second kappa shape index (κ2) is 35.1. The number of benzene rings is 6. The van der Waals surface area contributed by atoms with Crippen LogP contribution in [-0.2, 0) is 43.1 Å². The van der Waals surface area contributed by atoms with Gasteiger partial charge in [-0.3, -0.25) is 0 Å². The zero-order valence-electron chi connectivity index (χ0n) is 52.5. The van der Waals surface area contributed by atoms with Crippen LogP contribution in [0, 0.1) is 35.0 Å². The molecule has 20 heteroatoms. The third kappa shape index (κ3) is 18.3. The molecular formula is C72H100Al4N8O8. The summed E-state index contributed by atoms with van der Waals surface area (Å²) in [5, 5.41) is 27.1. The molecule has 8 heterocycles. The average molecular weight is 1310 g/mol. The van der Waals surface area contributed by atoms with Crippen LogP contribution in [0.4, 0.5) is 22.7 Å². The molecule has 92 heavy (non-hydrogen) atoms. The maximum Gasteiger partial charge on any atom is 0.651 e. The molecule has 8 aliphatic heterocycles. The van der Waals surface area contributed by atoms with Crippen LogP contribution < -0.4 is 20.0 Å². The first-order valence-electron chi connectivity index (χ1n) is 31.4. The Bertz CT molecular complexity index is 3290. The smallest absolute Gasteiger partial charge is 0.478 e. The third-order valence-electron chi connectivity index (χ3n) is 17.3. The van der Waals surface area contributed by atoms with E-state index in [-0.39, 0.29) is 108 Å². The van der Waals surface area contributed by atoms with Crippen molar-refractivity contribution >= 4 is 109 Å². The molecule has 4 saturated heterocycles. The number of rotatable bonds is 12. The number of nitrogens with zero attached hydrogens (tertiary/aromatic N) is 8. The molecule has 0 saturated carbocycles. The average Bonchev–Trinajstić information content (AvgIpc) is 1.67. The lowest BCUT2D eigenvalue weighted by Crippen LogP contribution is -2.49. The summed E-state index contributed by atoms with van der Waals surface area (Å²) in [4.78, 5) is 0. The minimum Gasteiger partial charge on any atom is -0.478 e. The van der Waals surface area contributed by atoms with Crippen LogP contribution in [0.1, 0.15) is 122 Å². The highest BCUT2D eigenvalue weighted by atomic mass is 27.2. The zero-order valence-corrected chi connectivity index (χ0v) is 58.2. The highest BCUT2D eigenvalue weighted by Crippen LogP contribution is 2.41. The summed E-state index contributed by atoms with van der Waals surface area (Å²) in [5.41, 5.74) is 11.7. The molecule has 4 fully saturated rings. The SMILES string of the molecule is C.C.C.C.CC1=NN(c2ccccc2)C2[O][AlH][O]C(CC(C)(C)C)C12.CC1=NN(c2ccccc2)C2[O][AlH][O]C(CC(C)C)C12.CC1=NN(c2ccccc2)C2[O][AlH][O]C(CCc3ccccc3)C12.CC1=NN(c2ccccc2)C2[O][AlH][O]C(Cc3ccccc3)C12. The monoisotopic (exact) mass is 1310 g/mol. The molecule has 0 aromatic heterocycles. The van der Waals surface area contributed by atoms with Gasteiger partial charge in [-0.25, -0.2) is 20.0 Å². The lowest BCUT2D eigenvalue weighted by Gasteiger charge is -2.40. The van der Waals surface area contributed by atoms with Gasteiger partial charge in [0.05, 0.1) is 46.4 Å². The van der Waals surface area contributed by atoms with Crippen molar-refractivity contribution < 1.29 is 30.3 Å². The molecule has 0 bridgehead atoms. The molecule has 16 nitrogen and oxygen atoms in total. The van der Waals surface area contributed by atoms with Gasteiger partial charge in [0.1, 0.15) is 24.9 Å². The van der Waals surface area contributed by atoms with Crippen molar-refractivity contribution in [3.8, 4) is 0 Å². The van der Waals surface area contributed by atoms with Gasteiger partial charge in [-0.15, -0.1) is 0 Å². The number of aryl methyl sites for hydroxylation is 1. The number of hydrogen-bond acceptors (Lipinski definition) is 16. The zero-order chi connectivity index (χ0) is 61.2. The molecule has 6 aromatic rings. The van der Waals surface area contributed by atoms with Gasteiger partial charge in [-0.1, -0.05) is 198 Å². The first kappa shape index (κ1) is 74.4. The second-order valence-corrected chi connectivity index (χ2v) is 29.0. The number of hydrazone groups is 4. The third-order valence-corrected chi connectivity index (χ3v) is 21.5. The summed E-state index contributed by atoms with van der Waals surface area (Å²) in [6, 6.07) is 62.2. The Morgan fingerprint density at radius 3 is 1.00 bits per heavy atom. The van der Waals surface area contributed by atoms with Gasteiger partial charge in [0.2, 0.25) is 0 Å². The molecule has 14 rings (SSSR count). The molecule has 0 amide bonds. The Kier molecular flexibility index (Phi) is 28.4. The first-order valence-corrected chi connectivity index (χ1v) is 36.0. The van der Waals surface area contributed by atoms with Crippen LogP contribution in [-0.4, -0.2) is 136 Å². The molecule has 0 spiro atoms. The van der Waals surface area contributed by atoms with Gasteiger partial charge in [0.15, 0.2) is 0 Å². The number of hydrogen-bond donors (Lipinski definition) is 0. The van der Waals surface area contributed by atoms with Crippen molar-refractivity contribution in [2.45, 2.75) is 173 Å². The van der Waals surface area contributed by atoms with Crippen molar-refractivity contribution in [1.29, 1.82) is 0 Å². The standard InChI is InChI=1S/C19H20N2O2.C18H18N2O2.C16H22N2O2.C15H20N2O2.4CH4.4Al.4H/c1-14-18(17(22)13-12-15-8-4-2-5-9-15)19(23)21(20-14)16-10-6-3-7-11-16;1-13-17(16(21)12-14-8-4-2-5-9-14)18(22)20(19-13)15-10-6-3-7-11-15;1-11-14(13(19)10-16(2,3)4)15(20)18(17-11)12-8-6-5-7-9-12;1-10(2)9-13(18)14-11(3)16-17(15(14)19)12-7-5-4-6-8-12;;;;;;;;;;;;/h2-11,17-19H,12-13H2,1H3;2-11,16-18H,12H2,1H3;5-9,13-15H,10H2,1-4H3;4-8,10,13-15H,9H2,1-3H3;4*1H4;;;;;;;;/q4*-2;;;;;4*+2;;;;. The Hall–Kier alpha value is -4.99. The summed E-state index contributed by atoms with van der Waals surface area (Å²) < 4.78 is 48.2. The summed E-state index contributed by atoms with van der Waals surface area (Å²) in [7, 11) is 0. The van der Waals surface area contributed by atoms with Gasteiger partial charge < -0.3 is 30.3 Å². The van der Waals surface area contributed by atoms with E-state index in [1.165, 1.54) is 11.1 Å². The predicted octanol–water partition coefficient (Wildman–Crippen LogP) is 13.9. The fourth-order valence-electron chi connectivity index (χ4n) is 13.2. The summed E-state index contributed by atoms with van der Waals surface area (Å²) >= 11 is -3.78. The second-order valence-electron chi connectivity index (χ2n) is 25.4. The van der Waals surface area contributed by atoms with Gasteiger partial charge in [0.25, 0.3) is 0 Å². The fraction of sp³-hybridized carbons (Fsp3) is 0.444. The number of para-hydroxylation sites is 4. The van der Waals surface area contributed by atoms with Crippen LogP contribution >= 0.6 is 0 Å². The van der Waals surface area contributed by atoms with E-state index < -0.39 is 63.5 Å². The largest absolute Gasteiger partial charge is 0.651 e.